The molecule has 0 aliphatic carbocycles. The lowest BCUT2D eigenvalue weighted by atomic mass is 10.1. The van der Waals surface area contributed by atoms with Gasteiger partial charge in [-0.3, -0.25) is 4.90 Å². The monoisotopic (exact) mass is 363 g/mol. The predicted molar refractivity (Wildman–Crippen MR) is 105 cm³/mol. The van der Waals surface area contributed by atoms with Gasteiger partial charge in [-0.1, -0.05) is 48.6 Å². The number of piperazine rings is 1. The number of hydrogen-bond acceptors (Lipinski definition) is 4. The second-order valence-corrected chi connectivity index (χ2v) is 6.51. The molecule has 0 saturated carbocycles. The van der Waals surface area contributed by atoms with Gasteiger partial charge < -0.3 is 15.0 Å². The lowest BCUT2D eigenvalue weighted by Crippen LogP contribution is -2.59. The molecule has 6 nitrogen and oxygen atoms in total. The number of benzene rings is 2. The van der Waals surface area contributed by atoms with Gasteiger partial charge in [-0.2, -0.15) is 0 Å². The Hall–Kier alpha value is -3.12. The zero-order chi connectivity index (χ0) is 18.8. The quantitative estimate of drug-likeness (QED) is 0.792. The van der Waals surface area contributed by atoms with E-state index in [1.54, 1.807) is 9.80 Å². The predicted octanol–water partition coefficient (Wildman–Crippen LogP) is 2.88. The normalized spacial score (nSPS) is 18.3. The van der Waals surface area contributed by atoms with Crippen LogP contribution in [0.25, 0.3) is 12.2 Å². The highest BCUT2D eigenvalue weighted by Gasteiger charge is 2.37. The summed E-state index contributed by atoms with van der Waals surface area (Å²) in [4.78, 5) is 29.2. The van der Waals surface area contributed by atoms with Gasteiger partial charge in [0.15, 0.2) is 0 Å². The number of para-hydroxylation sites is 2. The molecule has 0 unspecified atom stereocenters. The minimum absolute atomic E-state index is 0.226. The van der Waals surface area contributed by atoms with Crippen LogP contribution in [0.15, 0.2) is 48.5 Å². The number of urea groups is 1. The van der Waals surface area contributed by atoms with Gasteiger partial charge in [0.1, 0.15) is 6.04 Å². The number of nitrogens with one attached hydrogen (secondary N) is 1. The van der Waals surface area contributed by atoms with Crippen molar-refractivity contribution in [1.29, 1.82) is 0 Å². The Morgan fingerprint density at radius 1 is 1.00 bits per heavy atom. The number of nitrogens with zero attached hydrogens (tertiary/aromatic N) is 2. The van der Waals surface area contributed by atoms with Crippen LogP contribution < -0.4 is 10.2 Å². The van der Waals surface area contributed by atoms with Crippen LogP contribution >= 0.6 is 0 Å². The van der Waals surface area contributed by atoms with Crippen molar-refractivity contribution in [3.63, 3.8) is 0 Å². The van der Waals surface area contributed by atoms with Crippen molar-refractivity contribution < 1.29 is 14.3 Å². The summed E-state index contributed by atoms with van der Waals surface area (Å²) < 4.78 is 4.92. The molecule has 0 radical (unpaired) electrons. The topological polar surface area (TPSA) is 61.9 Å². The minimum atomic E-state index is -0.646. The van der Waals surface area contributed by atoms with E-state index < -0.39 is 12.0 Å². The van der Waals surface area contributed by atoms with Crippen molar-refractivity contribution in [2.45, 2.75) is 6.04 Å². The third-order valence-corrected chi connectivity index (χ3v) is 4.95. The molecule has 0 spiro atoms. The van der Waals surface area contributed by atoms with Crippen LogP contribution in [0.3, 0.4) is 0 Å². The molecule has 27 heavy (non-hydrogen) atoms. The number of ether oxygens (including phenoxy) is 1. The second kappa shape index (κ2) is 7.25. The molecule has 138 valence electrons. The molecule has 1 N–H and O–H groups in total. The fraction of sp³-hybridized carbons (Fsp3) is 0.238. The number of esters is 1. The highest BCUT2D eigenvalue weighted by molar-refractivity contribution is 6.06. The number of fused-ring (bicyclic) bond motifs is 2. The molecule has 4 rings (SSSR count). The number of amides is 2. The van der Waals surface area contributed by atoms with Crippen molar-refractivity contribution in [3.8, 4) is 0 Å². The number of methoxy groups -OCH3 is 1. The first-order chi connectivity index (χ1) is 13.2. The standard InChI is InChI=1S/C21H21N3O3/c1-27-20(25)19-14-22-12-13-23(19)21(26)24-17-8-4-2-6-15(17)10-11-16-7-3-5-9-18(16)24/h2-11,19,22H,12-14H2,1H3/t19-/m0/s1. The van der Waals surface area contributed by atoms with E-state index in [-0.39, 0.29) is 6.03 Å². The van der Waals surface area contributed by atoms with E-state index in [1.165, 1.54) is 7.11 Å². The summed E-state index contributed by atoms with van der Waals surface area (Å²) in [6, 6.07) is 14.7. The maximum Gasteiger partial charge on any atom is 0.329 e. The van der Waals surface area contributed by atoms with Gasteiger partial charge in [0.2, 0.25) is 0 Å². The summed E-state index contributed by atoms with van der Waals surface area (Å²) in [5.41, 5.74) is 3.50. The Morgan fingerprint density at radius 3 is 2.19 bits per heavy atom. The summed E-state index contributed by atoms with van der Waals surface area (Å²) in [5.74, 6) is -0.412. The van der Waals surface area contributed by atoms with Gasteiger partial charge in [0.05, 0.1) is 18.5 Å². The van der Waals surface area contributed by atoms with Crippen LogP contribution in [0.4, 0.5) is 16.2 Å². The van der Waals surface area contributed by atoms with E-state index in [0.717, 1.165) is 22.5 Å². The first-order valence-electron chi connectivity index (χ1n) is 8.96. The van der Waals surface area contributed by atoms with Crippen molar-refractivity contribution in [1.82, 2.24) is 10.2 Å². The molecule has 6 heteroatoms. The summed E-state index contributed by atoms with van der Waals surface area (Å²) in [6.07, 6.45) is 4.02. The maximum atomic E-state index is 13.7. The molecule has 0 aromatic heterocycles. The lowest BCUT2D eigenvalue weighted by molar-refractivity contribution is -0.146. The zero-order valence-electron chi connectivity index (χ0n) is 15.1. The largest absolute Gasteiger partial charge is 0.467 e. The fourth-order valence-corrected chi connectivity index (χ4v) is 3.59. The Morgan fingerprint density at radius 2 is 1.59 bits per heavy atom. The average molecular weight is 363 g/mol. The van der Waals surface area contributed by atoms with E-state index in [9.17, 15) is 9.59 Å². The van der Waals surface area contributed by atoms with Crippen molar-refractivity contribution in [3.05, 3.63) is 59.7 Å². The summed E-state index contributed by atoms with van der Waals surface area (Å²) >= 11 is 0. The fourth-order valence-electron chi connectivity index (χ4n) is 3.59. The van der Waals surface area contributed by atoms with Gasteiger partial charge in [-0.05, 0) is 23.3 Å². The first kappa shape index (κ1) is 17.3. The third kappa shape index (κ3) is 3.08. The zero-order valence-corrected chi connectivity index (χ0v) is 15.1. The molecule has 0 bridgehead atoms. The van der Waals surface area contributed by atoms with Crippen LogP contribution in [0.2, 0.25) is 0 Å². The number of anilines is 2. The molecule has 1 fully saturated rings. The summed E-state index contributed by atoms with van der Waals surface area (Å²) in [6.45, 7) is 1.45. The van der Waals surface area contributed by atoms with Crippen LogP contribution in [0.1, 0.15) is 11.1 Å². The van der Waals surface area contributed by atoms with Gasteiger partial charge >= 0.3 is 12.0 Å². The molecule has 2 heterocycles. The van der Waals surface area contributed by atoms with Crippen molar-refractivity contribution in [2.75, 3.05) is 31.6 Å². The molecule has 2 aromatic carbocycles. The number of carbonyl (C=O) groups is 2. The summed E-state index contributed by atoms with van der Waals surface area (Å²) in [7, 11) is 1.35. The number of carbonyl (C=O) groups excluding carboxylic acids is 2. The second-order valence-electron chi connectivity index (χ2n) is 6.51. The maximum absolute atomic E-state index is 13.7. The Balaban J connectivity index is 1.81. The smallest absolute Gasteiger partial charge is 0.329 e. The third-order valence-electron chi connectivity index (χ3n) is 4.95. The molecule has 2 aromatic rings. The Labute approximate surface area is 158 Å². The minimum Gasteiger partial charge on any atom is -0.467 e. The van der Waals surface area contributed by atoms with E-state index in [2.05, 4.69) is 5.32 Å². The SMILES string of the molecule is COC(=O)[C@@H]1CNCCN1C(=O)N1c2ccccc2C=Cc2ccccc21. The molecular formula is C21H21N3O3. The van der Waals surface area contributed by atoms with E-state index in [4.69, 9.17) is 4.74 Å². The van der Waals surface area contributed by atoms with Crippen molar-refractivity contribution >= 4 is 35.5 Å². The van der Waals surface area contributed by atoms with Gasteiger partial charge in [0, 0.05) is 19.6 Å². The van der Waals surface area contributed by atoms with E-state index >= 15 is 0 Å². The molecule has 2 aliphatic heterocycles. The number of rotatable bonds is 1. The Kier molecular flexibility index (Phi) is 4.64. The number of hydrogen-bond donors (Lipinski definition) is 1. The van der Waals surface area contributed by atoms with Crippen LogP contribution in [-0.2, 0) is 9.53 Å². The molecular weight excluding hydrogens is 342 g/mol. The van der Waals surface area contributed by atoms with Crippen LogP contribution in [0.5, 0.6) is 0 Å². The first-order valence-corrected chi connectivity index (χ1v) is 8.96. The van der Waals surface area contributed by atoms with Gasteiger partial charge in [-0.25, -0.2) is 9.59 Å². The van der Waals surface area contributed by atoms with Crippen molar-refractivity contribution in [2.24, 2.45) is 0 Å². The van der Waals surface area contributed by atoms with Crippen LogP contribution in [0, 0.1) is 0 Å². The van der Waals surface area contributed by atoms with Crippen LogP contribution in [-0.4, -0.2) is 49.7 Å². The Bertz CT molecular complexity index is 860. The molecule has 1 atom stereocenters. The highest BCUT2D eigenvalue weighted by atomic mass is 16.5. The molecule has 2 amide bonds. The van der Waals surface area contributed by atoms with Gasteiger partial charge in [0.25, 0.3) is 0 Å². The summed E-state index contributed by atoms with van der Waals surface area (Å²) in [5, 5.41) is 3.16. The highest BCUT2D eigenvalue weighted by Crippen LogP contribution is 2.37. The average Bonchev–Trinajstić information content (AvgIpc) is 2.89. The van der Waals surface area contributed by atoms with Gasteiger partial charge in [-0.15, -0.1) is 0 Å². The molecule has 1 saturated heterocycles. The molecule has 2 aliphatic rings. The van der Waals surface area contributed by atoms with E-state index in [0.29, 0.717) is 19.6 Å². The van der Waals surface area contributed by atoms with E-state index in [1.807, 2.05) is 60.7 Å². The lowest BCUT2D eigenvalue weighted by Gasteiger charge is -2.38.